The molecule has 7 heteroatoms. The van der Waals surface area contributed by atoms with Gasteiger partial charge in [-0.3, -0.25) is 9.59 Å². The number of phenolic OH excluding ortho intramolecular Hbond substituents is 4. The Bertz CT molecular complexity index is 613. The number of aromatic hydroxyl groups is 4. The van der Waals surface area contributed by atoms with E-state index < -0.39 is 45.7 Å². The van der Waals surface area contributed by atoms with Crippen molar-refractivity contribution in [3.63, 3.8) is 0 Å². The third-order valence-corrected chi connectivity index (χ3v) is 3.16. The first-order valence-corrected chi connectivity index (χ1v) is 5.73. The number of rotatable bonds is 2. The lowest BCUT2D eigenvalue weighted by atomic mass is 9.85. The zero-order valence-electron chi connectivity index (χ0n) is 10.7. The number of phenols is 4. The highest BCUT2D eigenvalue weighted by molar-refractivity contribution is 6.28. The number of ether oxygens (including phenoxy) is 1. The second kappa shape index (κ2) is 4.44. The quantitative estimate of drug-likeness (QED) is 0.474. The molecule has 0 unspecified atom stereocenters. The average molecular weight is 280 g/mol. The minimum Gasteiger partial charge on any atom is -0.504 e. The Hall–Kier alpha value is -2.70. The molecule has 0 bridgehead atoms. The van der Waals surface area contributed by atoms with Crippen molar-refractivity contribution in [3.05, 3.63) is 22.5 Å². The van der Waals surface area contributed by atoms with E-state index in [0.29, 0.717) is 0 Å². The smallest absolute Gasteiger partial charge is 0.232 e. The summed E-state index contributed by atoms with van der Waals surface area (Å²) in [6.45, 7) is 1.61. The van der Waals surface area contributed by atoms with E-state index in [1.54, 1.807) is 6.92 Å². The number of Topliss-reactive ketones (excluding diaryl/α,β-unsaturated/α-hetero) is 2. The second-order valence-corrected chi connectivity index (χ2v) is 4.17. The number of carbonyl (C=O) groups is 2. The first-order chi connectivity index (χ1) is 9.36. The highest BCUT2D eigenvalue weighted by Gasteiger charge is 2.39. The van der Waals surface area contributed by atoms with Gasteiger partial charge in [0, 0.05) is 5.57 Å². The number of carbonyl (C=O) groups excluding carboxylic acids is 2. The van der Waals surface area contributed by atoms with Crippen LogP contribution in [0, 0.1) is 0 Å². The number of fused-ring (bicyclic) bond motifs is 1. The van der Waals surface area contributed by atoms with Crippen molar-refractivity contribution in [3.8, 4) is 23.0 Å². The maximum atomic E-state index is 12.2. The fourth-order valence-electron chi connectivity index (χ4n) is 2.18. The topological polar surface area (TPSA) is 124 Å². The van der Waals surface area contributed by atoms with Gasteiger partial charge in [-0.25, -0.2) is 0 Å². The Morgan fingerprint density at radius 3 is 1.70 bits per heavy atom. The summed E-state index contributed by atoms with van der Waals surface area (Å²) >= 11 is 0. The van der Waals surface area contributed by atoms with Gasteiger partial charge >= 0.3 is 0 Å². The van der Waals surface area contributed by atoms with E-state index in [9.17, 15) is 30.0 Å². The summed E-state index contributed by atoms with van der Waals surface area (Å²) in [5.41, 5.74) is -1.11. The fraction of sp³-hybridized carbons (Fsp3) is 0.231. The second-order valence-electron chi connectivity index (χ2n) is 4.17. The van der Waals surface area contributed by atoms with Crippen LogP contribution in [-0.4, -0.2) is 39.1 Å². The first kappa shape index (κ1) is 13.7. The molecule has 7 nitrogen and oxygen atoms in total. The lowest BCUT2D eigenvalue weighted by Gasteiger charge is -2.21. The monoisotopic (exact) mass is 280 g/mol. The molecule has 0 atom stereocenters. The van der Waals surface area contributed by atoms with Gasteiger partial charge in [-0.2, -0.15) is 0 Å². The predicted molar refractivity (Wildman–Crippen MR) is 66.1 cm³/mol. The third-order valence-electron chi connectivity index (χ3n) is 3.16. The number of ketones is 2. The van der Waals surface area contributed by atoms with Crippen LogP contribution in [0.5, 0.6) is 23.0 Å². The minimum absolute atomic E-state index is 0.0183. The molecule has 1 aromatic rings. The number of methoxy groups -OCH3 is 1. The van der Waals surface area contributed by atoms with Crippen LogP contribution in [0.3, 0.4) is 0 Å². The van der Waals surface area contributed by atoms with Gasteiger partial charge < -0.3 is 25.2 Å². The summed E-state index contributed by atoms with van der Waals surface area (Å²) in [6, 6.07) is 0. The molecule has 0 amide bonds. The molecule has 0 spiro atoms. The summed E-state index contributed by atoms with van der Waals surface area (Å²) in [4.78, 5) is 24.4. The van der Waals surface area contributed by atoms with E-state index in [2.05, 4.69) is 0 Å². The lowest BCUT2D eigenvalue weighted by molar-refractivity contribution is 0.0897. The molecule has 0 fully saturated rings. The van der Waals surface area contributed by atoms with Crippen LogP contribution in [-0.2, 0) is 4.74 Å². The third kappa shape index (κ3) is 1.52. The van der Waals surface area contributed by atoms with Crippen molar-refractivity contribution in [2.45, 2.75) is 13.3 Å². The summed E-state index contributed by atoms with van der Waals surface area (Å²) in [6.07, 6.45) is 0.162. The number of allylic oxidation sites excluding steroid dienone is 2. The summed E-state index contributed by atoms with van der Waals surface area (Å²) in [7, 11) is 1.19. The molecular formula is C13H12O7. The van der Waals surface area contributed by atoms with Gasteiger partial charge in [0.15, 0.2) is 23.0 Å². The molecule has 0 heterocycles. The Morgan fingerprint density at radius 1 is 0.850 bits per heavy atom. The molecule has 0 saturated carbocycles. The molecule has 0 aromatic heterocycles. The lowest BCUT2D eigenvalue weighted by Crippen LogP contribution is -2.23. The molecule has 2 rings (SSSR count). The van der Waals surface area contributed by atoms with Gasteiger partial charge in [-0.05, 0) is 6.42 Å². The van der Waals surface area contributed by atoms with E-state index in [-0.39, 0.29) is 17.8 Å². The Balaban J connectivity index is 2.90. The van der Waals surface area contributed by atoms with Crippen LogP contribution in [0.1, 0.15) is 34.1 Å². The molecular weight excluding hydrogens is 268 g/mol. The molecule has 0 radical (unpaired) electrons. The molecule has 1 aliphatic rings. The number of hydrogen-bond acceptors (Lipinski definition) is 7. The maximum Gasteiger partial charge on any atom is 0.232 e. The summed E-state index contributed by atoms with van der Waals surface area (Å²) in [5.74, 6) is -5.90. The zero-order valence-corrected chi connectivity index (χ0v) is 10.7. The summed E-state index contributed by atoms with van der Waals surface area (Å²) in [5, 5.41) is 38.4. The van der Waals surface area contributed by atoms with Gasteiger partial charge in [0.1, 0.15) is 0 Å². The normalized spacial score (nSPS) is 14.5. The van der Waals surface area contributed by atoms with E-state index in [1.165, 1.54) is 7.11 Å². The van der Waals surface area contributed by atoms with Crippen molar-refractivity contribution in [2.24, 2.45) is 0 Å². The molecule has 0 aliphatic heterocycles. The minimum atomic E-state index is -1.07. The van der Waals surface area contributed by atoms with E-state index >= 15 is 0 Å². The Labute approximate surface area is 113 Å². The zero-order chi connectivity index (χ0) is 15.2. The van der Waals surface area contributed by atoms with Crippen molar-refractivity contribution < 1.29 is 34.8 Å². The Morgan fingerprint density at radius 2 is 1.30 bits per heavy atom. The molecule has 20 heavy (non-hydrogen) atoms. The van der Waals surface area contributed by atoms with Crippen molar-refractivity contribution in [1.29, 1.82) is 0 Å². The van der Waals surface area contributed by atoms with Gasteiger partial charge in [-0.15, -0.1) is 0 Å². The Kier molecular flexibility index (Phi) is 3.05. The van der Waals surface area contributed by atoms with Crippen LogP contribution in [0.4, 0.5) is 0 Å². The molecule has 1 aliphatic carbocycles. The molecule has 1 aromatic carbocycles. The fourth-order valence-corrected chi connectivity index (χ4v) is 2.18. The van der Waals surface area contributed by atoms with Crippen LogP contribution in [0.2, 0.25) is 0 Å². The predicted octanol–water partition coefficient (Wildman–Crippen LogP) is 1.20. The van der Waals surface area contributed by atoms with Crippen molar-refractivity contribution >= 4 is 11.6 Å². The maximum absolute atomic E-state index is 12.2. The highest BCUT2D eigenvalue weighted by Crippen LogP contribution is 2.50. The van der Waals surface area contributed by atoms with Crippen molar-refractivity contribution in [2.75, 3.05) is 7.11 Å². The molecule has 4 N–H and O–H groups in total. The largest absolute Gasteiger partial charge is 0.504 e. The van der Waals surface area contributed by atoms with Crippen LogP contribution < -0.4 is 0 Å². The van der Waals surface area contributed by atoms with Crippen LogP contribution in [0.15, 0.2) is 11.3 Å². The number of hydrogen-bond donors (Lipinski definition) is 4. The van der Waals surface area contributed by atoms with E-state index in [0.717, 1.165) is 0 Å². The molecule has 0 saturated heterocycles. The average Bonchev–Trinajstić information content (AvgIpc) is 2.43. The molecule has 106 valence electrons. The van der Waals surface area contributed by atoms with Crippen LogP contribution >= 0.6 is 0 Å². The number of benzene rings is 1. The van der Waals surface area contributed by atoms with Gasteiger partial charge in [0.05, 0.1) is 18.2 Å². The van der Waals surface area contributed by atoms with Gasteiger partial charge in [0.25, 0.3) is 0 Å². The van der Waals surface area contributed by atoms with Gasteiger partial charge in [-0.1, -0.05) is 6.92 Å². The summed E-state index contributed by atoms with van der Waals surface area (Å²) < 4.78 is 4.87. The van der Waals surface area contributed by atoms with Gasteiger partial charge in [0.2, 0.25) is 17.3 Å². The van der Waals surface area contributed by atoms with E-state index in [1.807, 2.05) is 0 Å². The van der Waals surface area contributed by atoms with E-state index in [4.69, 9.17) is 4.74 Å². The highest BCUT2D eigenvalue weighted by atomic mass is 16.5. The standard InChI is InChI=1S/C13H12O7/c1-3-4-7(14)5-6(10(17)13(4)20-2)9(16)12(19)11(18)8(5)15/h15-16,18-19H,3H2,1-2H3. The SMILES string of the molecule is CCC1=C(OC)C(=O)c2c(O)c(O)c(O)c(O)c2C1=O. The van der Waals surface area contributed by atoms with Crippen LogP contribution in [0.25, 0.3) is 0 Å². The first-order valence-electron chi connectivity index (χ1n) is 5.73. The van der Waals surface area contributed by atoms with Crippen molar-refractivity contribution in [1.82, 2.24) is 0 Å².